The van der Waals surface area contributed by atoms with Crippen LogP contribution in [0.15, 0.2) is 18.2 Å². The fourth-order valence-corrected chi connectivity index (χ4v) is 2.75. The lowest BCUT2D eigenvalue weighted by atomic mass is 9.96. The smallest absolute Gasteiger partial charge is 0.251 e. The third-order valence-corrected chi connectivity index (χ3v) is 4.55. The minimum Gasteiger partial charge on any atom is -0.352 e. The summed E-state index contributed by atoms with van der Waals surface area (Å²) in [4.78, 5) is 27.6. The molecule has 1 aliphatic heterocycles. The summed E-state index contributed by atoms with van der Waals surface area (Å²) < 4.78 is 13.5. The molecule has 24 heavy (non-hydrogen) atoms. The standard InChI is InChI=1S/C18H26FN3O2/c1-13-4-5-15(10-16(13)19)18(24)20-11-14-6-8-22(9-7-14)12-17(23)21(2)3/h4-5,10,14H,6-9,11-12H2,1-3H3,(H,20,24). The summed E-state index contributed by atoms with van der Waals surface area (Å²) in [7, 11) is 3.52. The first-order valence-electron chi connectivity index (χ1n) is 8.33. The van der Waals surface area contributed by atoms with Crippen LogP contribution < -0.4 is 5.32 Å². The molecule has 0 atom stereocenters. The summed E-state index contributed by atoms with van der Waals surface area (Å²) in [6, 6.07) is 4.54. The lowest BCUT2D eigenvalue weighted by Gasteiger charge is -2.32. The Bertz CT molecular complexity index is 596. The lowest BCUT2D eigenvalue weighted by Crippen LogP contribution is -2.43. The van der Waals surface area contributed by atoms with E-state index in [1.807, 2.05) is 0 Å². The first-order chi connectivity index (χ1) is 11.4. The van der Waals surface area contributed by atoms with Gasteiger partial charge < -0.3 is 10.2 Å². The third-order valence-electron chi connectivity index (χ3n) is 4.55. The van der Waals surface area contributed by atoms with Gasteiger partial charge in [-0.1, -0.05) is 6.07 Å². The number of likely N-dealkylation sites (N-methyl/N-ethyl adjacent to an activating group) is 1. The predicted molar refractivity (Wildman–Crippen MR) is 91.3 cm³/mol. The summed E-state index contributed by atoms with van der Waals surface area (Å²) in [5.74, 6) is -0.0845. The van der Waals surface area contributed by atoms with Crippen molar-refractivity contribution in [3.05, 3.63) is 35.1 Å². The molecule has 1 heterocycles. The fourth-order valence-electron chi connectivity index (χ4n) is 2.75. The van der Waals surface area contributed by atoms with E-state index in [1.165, 1.54) is 6.07 Å². The Labute approximate surface area is 142 Å². The number of hydrogen-bond donors (Lipinski definition) is 1. The summed E-state index contributed by atoms with van der Waals surface area (Å²) in [5.41, 5.74) is 0.887. The van der Waals surface area contributed by atoms with E-state index in [-0.39, 0.29) is 17.6 Å². The van der Waals surface area contributed by atoms with Gasteiger partial charge >= 0.3 is 0 Å². The van der Waals surface area contributed by atoms with Crippen LogP contribution in [0.5, 0.6) is 0 Å². The van der Waals surface area contributed by atoms with Crippen LogP contribution in [0.25, 0.3) is 0 Å². The van der Waals surface area contributed by atoms with Crippen molar-refractivity contribution in [2.45, 2.75) is 19.8 Å². The van der Waals surface area contributed by atoms with Crippen LogP contribution in [0.1, 0.15) is 28.8 Å². The van der Waals surface area contributed by atoms with E-state index < -0.39 is 0 Å². The maximum absolute atomic E-state index is 13.5. The van der Waals surface area contributed by atoms with E-state index in [9.17, 15) is 14.0 Å². The number of halogens is 1. The van der Waals surface area contributed by atoms with Crippen molar-refractivity contribution >= 4 is 11.8 Å². The molecule has 1 fully saturated rings. The second-order valence-electron chi connectivity index (χ2n) is 6.68. The zero-order valence-corrected chi connectivity index (χ0v) is 14.6. The molecule has 1 saturated heterocycles. The summed E-state index contributed by atoms with van der Waals surface area (Å²) in [5, 5.41) is 2.89. The van der Waals surface area contributed by atoms with Gasteiger partial charge in [-0.2, -0.15) is 0 Å². The quantitative estimate of drug-likeness (QED) is 0.890. The average molecular weight is 335 g/mol. The van der Waals surface area contributed by atoms with Gasteiger partial charge in [0.05, 0.1) is 6.54 Å². The molecule has 1 aliphatic rings. The maximum atomic E-state index is 13.5. The lowest BCUT2D eigenvalue weighted by molar-refractivity contribution is -0.130. The van der Waals surface area contributed by atoms with Crippen LogP contribution >= 0.6 is 0 Å². The SMILES string of the molecule is Cc1ccc(C(=O)NCC2CCN(CC(=O)N(C)C)CC2)cc1F. The Morgan fingerprint density at radius 3 is 2.54 bits per heavy atom. The fraction of sp³-hybridized carbons (Fsp3) is 0.556. The number of piperidine rings is 1. The minimum atomic E-state index is -0.360. The van der Waals surface area contributed by atoms with Gasteiger partial charge in [0.25, 0.3) is 5.91 Å². The molecule has 6 heteroatoms. The Hall–Kier alpha value is -1.95. The highest BCUT2D eigenvalue weighted by molar-refractivity contribution is 5.94. The number of benzene rings is 1. The average Bonchev–Trinajstić information content (AvgIpc) is 2.56. The van der Waals surface area contributed by atoms with Crippen LogP contribution in [-0.2, 0) is 4.79 Å². The topological polar surface area (TPSA) is 52.7 Å². The Morgan fingerprint density at radius 2 is 1.96 bits per heavy atom. The van der Waals surface area contributed by atoms with Crippen molar-refractivity contribution in [3.8, 4) is 0 Å². The molecule has 132 valence electrons. The van der Waals surface area contributed by atoms with E-state index in [0.717, 1.165) is 25.9 Å². The normalized spacial score (nSPS) is 16.0. The van der Waals surface area contributed by atoms with Gasteiger partial charge in [0, 0.05) is 26.2 Å². The summed E-state index contributed by atoms with van der Waals surface area (Å²) in [6.45, 7) is 4.43. The Kier molecular flexibility index (Phi) is 6.31. The zero-order chi connectivity index (χ0) is 17.7. The monoisotopic (exact) mass is 335 g/mol. The first-order valence-corrected chi connectivity index (χ1v) is 8.33. The van der Waals surface area contributed by atoms with Crippen LogP contribution in [0.2, 0.25) is 0 Å². The van der Waals surface area contributed by atoms with Crippen molar-refractivity contribution in [3.63, 3.8) is 0 Å². The number of nitrogens with zero attached hydrogens (tertiary/aromatic N) is 2. The number of aryl methyl sites for hydroxylation is 1. The zero-order valence-electron chi connectivity index (χ0n) is 14.6. The van der Waals surface area contributed by atoms with Gasteiger partial charge in [0.2, 0.25) is 5.91 Å². The highest BCUT2D eigenvalue weighted by atomic mass is 19.1. The molecule has 0 spiro atoms. The van der Waals surface area contributed by atoms with Gasteiger partial charge in [0.1, 0.15) is 5.82 Å². The van der Waals surface area contributed by atoms with E-state index >= 15 is 0 Å². The molecule has 1 N–H and O–H groups in total. The van der Waals surface area contributed by atoms with Crippen molar-refractivity contribution in [2.75, 3.05) is 40.3 Å². The molecule has 0 bridgehead atoms. The summed E-state index contributed by atoms with van der Waals surface area (Å²) in [6.07, 6.45) is 1.90. The number of nitrogens with one attached hydrogen (secondary N) is 1. The number of rotatable bonds is 5. The van der Waals surface area contributed by atoms with Crippen LogP contribution in [0.3, 0.4) is 0 Å². The molecule has 5 nitrogen and oxygen atoms in total. The molecule has 0 saturated carbocycles. The molecule has 0 unspecified atom stereocenters. The van der Waals surface area contributed by atoms with Crippen LogP contribution in [0.4, 0.5) is 4.39 Å². The summed E-state index contributed by atoms with van der Waals surface area (Å²) >= 11 is 0. The first kappa shape index (κ1) is 18.4. The van der Waals surface area contributed by atoms with Crippen LogP contribution in [-0.4, -0.2) is 61.9 Å². The molecule has 0 radical (unpaired) electrons. The largest absolute Gasteiger partial charge is 0.352 e. The molecule has 1 aromatic carbocycles. The van der Waals surface area contributed by atoms with Crippen molar-refractivity contribution in [1.29, 1.82) is 0 Å². The highest BCUT2D eigenvalue weighted by Crippen LogP contribution is 2.16. The van der Waals surface area contributed by atoms with E-state index in [1.54, 1.807) is 38.1 Å². The number of carbonyl (C=O) groups is 2. The Morgan fingerprint density at radius 1 is 1.29 bits per heavy atom. The van der Waals surface area contributed by atoms with Crippen molar-refractivity contribution in [2.24, 2.45) is 5.92 Å². The number of hydrogen-bond acceptors (Lipinski definition) is 3. The molecule has 2 amide bonds. The number of likely N-dealkylation sites (tertiary alicyclic amines) is 1. The maximum Gasteiger partial charge on any atom is 0.251 e. The van der Waals surface area contributed by atoms with Crippen molar-refractivity contribution in [1.82, 2.24) is 15.1 Å². The van der Waals surface area contributed by atoms with Gasteiger partial charge in [-0.25, -0.2) is 4.39 Å². The van der Waals surface area contributed by atoms with E-state index in [2.05, 4.69) is 10.2 Å². The van der Waals surface area contributed by atoms with E-state index in [4.69, 9.17) is 0 Å². The minimum absolute atomic E-state index is 0.114. The van der Waals surface area contributed by atoms with Crippen molar-refractivity contribution < 1.29 is 14.0 Å². The molecule has 0 aliphatic carbocycles. The molecule has 0 aromatic heterocycles. The second-order valence-corrected chi connectivity index (χ2v) is 6.68. The second kappa shape index (κ2) is 8.24. The highest BCUT2D eigenvalue weighted by Gasteiger charge is 2.22. The number of carbonyl (C=O) groups excluding carboxylic acids is 2. The van der Waals surface area contributed by atoms with Gasteiger partial charge in [-0.05, 0) is 56.5 Å². The van der Waals surface area contributed by atoms with Gasteiger partial charge in [-0.15, -0.1) is 0 Å². The molecule has 2 rings (SSSR count). The molecule has 1 aromatic rings. The Balaban J connectivity index is 1.75. The molecular formula is C18H26FN3O2. The number of amides is 2. The molecular weight excluding hydrogens is 309 g/mol. The van der Waals surface area contributed by atoms with Crippen LogP contribution in [0, 0.1) is 18.7 Å². The van der Waals surface area contributed by atoms with E-state index in [0.29, 0.717) is 30.1 Å². The third kappa shape index (κ3) is 5.03. The predicted octanol–water partition coefficient (Wildman–Crippen LogP) is 1.66. The van der Waals surface area contributed by atoms with Gasteiger partial charge in [-0.3, -0.25) is 14.5 Å². The van der Waals surface area contributed by atoms with Gasteiger partial charge in [0.15, 0.2) is 0 Å².